The summed E-state index contributed by atoms with van der Waals surface area (Å²) in [4.78, 5) is 14.1. The van der Waals surface area contributed by atoms with Gasteiger partial charge in [0, 0.05) is 20.0 Å². The van der Waals surface area contributed by atoms with E-state index in [0.717, 1.165) is 10.9 Å². The molecule has 2 aromatic rings. The number of alkyl halides is 3. The van der Waals surface area contributed by atoms with Crippen LogP contribution in [-0.4, -0.2) is 54.6 Å². The Balaban J connectivity index is 2.01. The number of hydrogen-bond acceptors (Lipinski definition) is 6. The summed E-state index contributed by atoms with van der Waals surface area (Å²) < 4.78 is 52.8. The molecule has 166 valence electrons. The van der Waals surface area contributed by atoms with Gasteiger partial charge in [-0.3, -0.25) is 4.79 Å². The normalized spacial score (nSPS) is 17.8. The third kappa shape index (κ3) is 4.38. The third-order valence-electron chi connectivity index (χ3n) is 5.18. The number of carbonyl (C=O) groups is 1. The van der Waals surface area contributed by atoms with Crippen LogP contribution in [0, 0.1) is 11.3 Å². The zero-order chi connectivity index (χ0) is 22.8. The molecule has 3 rings (SSSR count). The molecule has 1 aliphatic rings. The summed E-state index contributed by atoms with van der Waals surface area (Å²) in [5, 5.41) is 15.6. The maximum atomic E-state index is 13.8. The van der Waals surface area contributed by atoms with Gasteiger partial charge in [0.2, 0.25) is 0 Å². The lowest BCUT2D eigenvalue weighted by Crippen LogP contribution is -2.36. The van der Waals surface area contributed by atoms with Gasteiger partial charge in [0.25, 0.3) is 5.91 Å². The molecule has 1 amide bonds. The zero-order valence-electron chi connectivity index (χ0n) is 17.2. The number of carbonyl (C=O) groups excluding carboxylic acids is 1. The maximum Gasteiger partial charge on any atom is 0.410 e. The lowest BCUT2D eigenvalue weighted by Gasteiger charge is -2.34. The Hall–Kier alpha value is -3.42. The first kappa shape index (κ1) is 22.3. The Morgan fingerprint density at radius 2 is 2.06 bits per heavy atom. The molecule has 0 aliphatic carbocycles. The quantitative estimate of drug-likeness (QED) is 0.743. The molecule has 0 saturated carbocycles. The number of nitrogens with one attached hydrogen (secondary N) is 1. The van der Waals surface area contributed by atoms with Crippen molar-refractivity contribution in [3.63, 3.8) is 0 Å². The first-order valence-corrected chi connectivity index (χ1v) is 9.46. The number of methoxy groups -OCH3 is 2. The summed E-state index contributed by atoms with van der Waals surface area (Å²) >= 11 is 0. The van der Waals surface area contributed by atoms with E-state index in [2.05, 4.69) is 10.4 Å². The molecular formula is C20H22F3N5O3. The van der Waals surface area contributed by atoms with Crippen molar-refractivity contribution in [2.75, 3.05) is 33.1 Å². The molecule has 31 heavy (non-hydrogen) atoms. The Morgan fingerprint density at radius 3 is 2.68 bits per heavy atom. The molecular weight excluding hydrogens is 415 g/mol. The standard InChI is InChI=1S/C20H22F3N5O3/c1-27(8-4-7-24)19(29)13-11-25-28-17(20(21,22)23)10-14(26-18(13)28)12-5-6-15(30-2)16(9-12)31-3/h5-6,9,11,14,17,26H,4,8,10H2,1-3H3/t14-,17-/m0/s1. The predicted octanol–water partition coefficient (Wildman–Crippen LogP) is 3.55. The van der Waals surface area contributed by atoms with Gasteiger partial charge in [0.1, 0.15) is 11.4 Å². The fourth-order valence-electron chi connectivity index (χ4n) is 3.53. The number of halogens is 3. The third-order valence-corrected chi connectivity index (χ3v) is 5.18. The van der Waals surface area contributed by atoms with Crippen molar-refractivity contribution in [1.29, 1.82) is 5.26 Å². The topological polar surface area (TPSA) is 92.4 Å². The Labute approximate surface area is 177 Å². The number of rotatable bonds is 6. The van der Waals surface area contributed by atoms with Crippen molar-refractivity contribution in [2.24, 2.45) is 0 Å². The van der Waals surface area contributed by atoms with Gasteiger partial charge in [0.15, 0.2) is 17.5 Å². The second kappa shape index (κ2) is 8.75. The Bertz CT molecular complexity index is 999. The number of benzene rings is 1. The van der Waals surface area contributed by atoms with Gasteiger partial charge in [-0.25, -0.2) is 4.68 Å². The smallest absolute Gasteiger partial charge is 0.410 e. The van der Waals surface area contributed by atoms with Gasteiger partial charge in [-0.1, -0.05) is 6.07 Å². The van der Waals surface area contributed by atoms with Crippen LogP contribution in [0.4, 0.5) is 19.0 Å². The SMILES string of the molecule is COc1ccc([C@@H]2C[C@@H](C(F)(F)F)n3ncc(C(=O)N(C)CCC#N)c3N2)cc1OC. The minimum absolute atomic E-state index is 0.0119. The Kier molecular flexibility index (Phi) is 6.29. The number of fused-ring (bicyclic) bond motifs is 1. The second-order valence-electron chi connectivity index (χ2n) is 7.09. The maximum absolute atomic E-state index is 13.8. The number of nitrogens with zero attached hydrogens (tertiary/aromatic N) is 4. The van der Waals surface area contributed by atoms with Crippen molar-refractivity contribution >= 4 is 11.7 Å². The van der Waals surface area contributed by atoms with E-state index in [4.69, 9.17) is 14.7 Å². The lowest BCUT2D eigenvalue weighted by atomic mass is 9.96. The largest absolute Gasteiger partial charge is 0.493 e. The molecule has 1 aliphatic heterocycles. The van der Waals surface area contributed by atoms with Crippen molar-refractivity contribution in [2.45, 2.75) is 31.1 Å². The molecule has 0 fully saturated rings. The van der Waals surface area contributed by atoms with E-state index in [-0.39, 0.29) is 30.8 Å². The lowest BCUT2D eigenvalue weighted by molar-refractivity contribution is -0.173. The van der Waals surface area contributed by atoms with E-state index in [0.29, 0.717) is 17.1 Å². The number of hydrogen-bond donors (Lipinski definition) is 1. The van der Waals surface area contributed by atoms with Gasteiger partial charge in [-0.15, -0.1) is 0 Å². The summed E-state index contributed by atoms with van der Waals surface area (Å²) in [6, 6.07) is 4.16. The van der Waals surface area contributed by atoms with E-state index in [1.54, 1.807) is 18.2 Å². The highest BCUT2D eigenvalue weighted by atomic mass is 19.4. The molecule has 0 bridgehead atoms. The molecule has 8 nitrogen and oxygen atoms in total. The zero-order valence-corrected chi connectivity index (χ0v) is 17.2. The predicted molar refractivity (Wildman–Crippen MR) is 105 cm³/mol. The summed E-state index contributed by atoms with van der Waals surface area (Å²) in [6.45, 7) is 0.155. The molecule has 0 radical (unpaired) electrons. The number of amides is 1. The van der Waals surface area contributed by atoms with Gasteiger partial charge < -0.3 is 19.7 Å². The van der Waals surface area contributed by atoms with E-state index in [1.165, 1.54) is 26.2 Å². The van der Waals surface area contributed by atoms with Crippen molar-refractivity contribution in [3.8, 4) is 17.6 Å². The number of aromatic nitrogens is 2. The van der Waals surface area contributed by atoms with Crippen LogP contribution >= 0.6 is 0 Å². The van der Waals surface area contributed by atoms with E-state index in [9.17, 15) is 18.0 Å². The van der Waals surface area contributed by atoms with Crippen LogP contribution in [-0.2, 0) is 0 Å². The van der Waals surface area contributed by atoms with Crippen LogP contribution < -0.4 is 14.8 Å². The molecule has 11 heteroatoms. The number of anilines is 1. The van der Waals surface area contributed by atoms with Crippen LogP contribution in [0.1, 0.15) is 40.8 Å². The van der Waals surface area contributed by atoms with E-state index >= 15 is 0 Å². The van der Waals surface area contributed by atoms with Gasteiger partial charge in [-0.05, 0) is 17.7 Å². The summed E-state index contributed by atoms with van der Waals surface area (Å²) in [7, 11) is 4.40. The average molecular weight is 437 g/mol. The van der Waals surface area contributed by atoms with Gasteiger partial charge in [0.05, 0.1) is 38.9 Å². The van der Waals surface area contributed by atoms with Gasteiger partial charge >= 0.3 is 6.18 Å². The van der Waals surface area contributed by atoms with Gasteiger partial charge in [-0.2, -0.15) is 23.5 Å². The molecule has 2 atom stereocenters. The molecule has 0 saturated heterocycles. The summed E-state index contributed by atoms with van der Waals surface area (Å²) in [5.41, 5.74) is 0.565. The molecule has 1 N–H and O–H groups in total. The van der Waals surface area contributed by atoms with Crippen LogP contribution in [0.3, 0.4) is 0 Å². The fourth-order valence-corrected chi connectivity index (χ4v) is 3.53. The molecule has 1 aromatic heterocycles. The number of ether oxygens (including phenoxy) is 2. The van der Waals surface area contributed by atoms with Crippen LogP contribution in [0.2, 0.25) is 0 Å². The Morgan fingerprint density at radius 1 is 1.35 bits per heavy atom. The molecule has 2 heterocycles. The minimum Gasteiger partial charge on any atom is -0.493 e. The molecule has 0 unspecified atom stereocenters. The second-order valence-corrected chi connectivity index (χ2v) is 7.09. The first-order chi connectivity index (χ1) is 14.7. The van der Waals surface area contributed by atoms with Crippen LogP contribution in [0.15, 0.2) is 24.4 Å². The van der Waals surface area contributed by atoms with Crippen molar-refractivity contribution in [1.82, 2.24) is 14.7 Å². The summed E-state index contributed by atoms with van der Waals surface area (Å²) in [5.74, 6) is 0.312. The average Bonchev–Trinajstić information content (AvgIpc) is 3.18. The fraction of sp³-hybridized carbons (Fsp3) is 0.450. The minimum atomic E-state index is -4.56. The first-order valence-electron chi connectivity index (χ1n) is 9.46. The highest BCUT2D eigenvalue weighted by molar-refractivity contribution is 5.98. The van der Waals surface area contributed by atoms with Crippen molar-refractivity contribution < 1.29 is 27.4 Å². The highest BCUT2D eigenvalue weighted by Crippen LogP contribution is 2.45. The summed E-state index contributed by atoms with van der Waals surface area (Å²) in [6.07, 6.45) is -3.64. The monoisotopic (exact) mass is 437 g/mol. The van der Waals surface area contributed by atoms with E-state index in [1.807, 2.05) is 6.07 Å². The number of nitriles is 1. The molecule has 0 spiro atoms. The molecule has 1 aromatic carbocycles. The van der Waals surface area contributed by atoms with E-state index < -0.39 is 24.2 Å². The highest BCUT2D eigenvalue weighted by Gasteiger charge is 2.47. The van der Waals surface area contributed by atoms with Crippen LogP contribution in [0.5, 0.6) is 11.5 Å². The van der Waals surface area contributed by atoms with Crippen molar-refractivity contribution in [3.05, 3.63) is 35.5 Å². The van der Waals surface area contributed by atoms with Crippen LogP contribution in [0.25, 0.3) is 0 Å².